The lowest BCUT2D eigenvalue weighted by Gasteiger charge is -2.36. The van der Waals surface area contributed by atoms with Crippen molar-refractivity contribution in [2.24, 2.45) is 0 Å². The number of morpholine rings is 1. The van der Waals surface area contributed by atoms with E-state index in [9.17, 15) is 0 Å². The van der Waals surface area contributed by atoms with Gasteiger partial charge in [-0.3, -0.25) is 4.68 Å². The average molecular weight is 414 g/mol. The van der Waals surface area contributed by atoms with E-state index in [1.165, 1.54) is 0 Å². The van der Waals surface area contributed by atoms with Gasteiger partial charge in [0.15, 0.2) is 0 Å². The Morgan fingerprint density at radius 2 is 2.03 bits per heavy atom. The van der Waals surface area contributed by atoms with Crippen molar-refractivity contribution in [1.29, 1.82) is 0 Å². The molecular formula is C23H35N5O2. The highest BCUT2D eigenvalue weighted by Gasteiger charge is 2.31. The Morgan fingerprint density at radius 3 is 2.73 bits per heavy atom. The van der Waals surface area contributed by atoms with Crippen LogP contribution in [0.5, 0.6) is 5.88 Å². The van der Waals surface area contributed by atoms with Crippen LogP contribution in [0.4, 0.5) is 11.5 Å². The molecule has 0 bridgehead atoms. The third-order valence-corrected chi connectivity index (χ3v) is 5.76. The van der Waals surface area contributed by atoms with Crippen molar-refractivity contribution in [2.45, 2.75) is 71.7 Å². The monoisotopic (exact) mass is 413 g/mol. The van der Waals surface area contributed by atoms with Crippen LogP contribution < -0.4 is 14.5 Å². The maximum absolute atomic E-state index is 6.22. The van der Waals surface area contributed by atoms with Crippen LogP contribution in [-0.4, -0.2) is 52.7 Å². The van der Waals surface area contributed by atoms with Crippen LogP contribution in [0.15, 0.2) is 24.4 Å². The summed E-state index contributed by atoms with van der Waals surface area (Å²) >= 11 is 0. The zero-order chi connectivity index (χ0) is 21.3. The average Bonchev–Trinajstić information content (AvgIpc) is 3.36. The molecule has 4 heterocycles. The standard InChI is InChI=1S/C23H35N5O2/c1-6-26-11-9-19(25-26)20-8-7-10-28(20)21-14-18(27-12-13-29-16-17(27)2)15-22(24-21)30-23(3,4)5/h9,11,14-15,17,20H,6-8,10,12-13,16H2,1-5H3. The zero-order valence-corrected chi connectivity index (χ0v) is 19.0. The predicted molar refractivity (Wildman–Crippen MR) is 119 cm³/mol. The Kier molecular flexibility index (Phi) is 5.91. The number of aryl methyl sites for hydroxylation is 1. The molecule has 7 heteroatoms. The molecular weight excluding hydrogens is 378 g/mol. The molecule has 0 spiro atoms. The molecule has 164 valence electrons. The second-order valence-corrected chi connectivity index (χ2v) is 9.30. The van der Waals surface area contributed by atoms with Gasteiger partial charge in [0, 0.05) is 49.7 Å². The summed E-state index contributed by atoms with van der Waals surface area (Å²) in [6.45, 7) is 14.8. The van der Waals surface area contributed by atoms with Crippen molar-refractivity contribution >= 4 is 11.5 Å². The lowest BCUT2D eigenvalue weighted by atomic mass is 10.1. The minimum atomic E-state index is -0.302. The van der Waals surface area contributed by atoms with Crippen molar-refractivity contribution in [2.75, 3.05) is 36.1 Å². The maximum atomic E-state index is 6.22. The summed E-state index contributed by atoms with van der Waals surface area (Å²) in [5, 5.41) is 4.78. The predicted octanol–water partition coefficient (Wildman–Crippen LogP) is 4.04. The normalized spacial score (nSPS) is 22.6. The van der Waals surface area contributed by atoms with Crippen molar-refractivity contribution in [3.05, 3.63) is 30.1 Å². The van der Waals surface area contributed by atoms with Gasteiger partial charge < -0.3 is 19.3 Å². The van der Waals surface area contributed by atoms with Gasteiger partial charge in [-0.2, -0.15) is 10.1 Å². The van der Waals surface area contributed by atoms with Crippen LogP contribution in [0, 0.1) is 0 Å². The van der Waals surface area contributed by atoms with Gasteiger partial charge in [0.25, 0.3) is 0 Å². The fourth-order valence-electron chi connectivity index (χ4n) is 4.35. The van der Waals surface area contributed by atoms with Crippen molar-refractivity contribution in [3.8, 4) is 5.88 Å². The first-order chi connectivity index (χ1) is 14.3. The second-order valence-electron chi connectivity index (χ2n) is 9.30. The first-order valence-electron chi connectivity index (χ1n) is 11.2. The number of hydrogen-bond donors (Lipinski definition) is 0. The molecule has 2 atom stereocenters. The topological polar surface area (TPSA) is 55.7 Å². The van der Waals surface area contributed by atoms with E-state index in [2.05, 4.69) is 68.8 Å². The second kappa shape index (κ2) is 8.46. The lowest BCUT2D eigenvalue weighted by molar-refractivity contribution is 0.0986. The summed E-state index contributed by atoms with van der Waals surface area (Å²) in [6, 6.07) is 7.02. The smallest absolute Gasteiger partial charge is 0.217 e. The van der Waals surface area contributed by atoms with Crippen LogP contribution >= 0.6 is 0 Å². The molecule has 30 heavy (non-hydrogen) atoms. The molecule has 0 aromatic carbocycles. The lowest BCUT2D eigenvalue weighted by Crippen LogP contribution is -2.43. The van der Waals surface area contributed by atoms with Crippen molar-refractivity contribution in [3.63, 3.8) is 0 Å². The van der Waals surface area contributed by atoms with E-state index in [1.54, 1.807) is 0 Å². The van der Waals surface area contributed by atoms with E-state index >= 15 is 0 Å². The summed E-state index contributed by atoms with van der Waals surface area (Å²) in [7, 11) is 0. The van der Waals surface area contributed by atoms with Crippen LogP contribution in [0.25, 0.3) is 0 Å². The Bertz CT molecular complexity index is 860. The van der Waals surface area contributed by atoms with Gasteiger partial charge in [0.1, 0.15) is 11.4 Å². The molecule has 2 aliphatic heterocycles. The van der Waals surface area contributed by atoms with Gasteiger partial charge >= 0.3 is 0 Å². The summed E-state index contributed by atoms with van der Waals surface area (Å²) in [5.41, 5.74) is 1.98. The summed E-state index contributed by atoms with van der Waals surface area (Å²) in [6.07, 6.45) is 4.30. The summed E-state index contributed by atoms with van der Waals surface area (Å²) in [5.74, 6) is 1.65. The minimum absolute atomic E-state index is 0.255. The molecule has 7 nitrogen and oxygen atoms in total. The molecule has 2 aliphatic rings. The number of ether oxygens (including phenoxy) is 2. The number of nitrogens with zero attached hydrogens (tertiary/aromatic N) is 5. The van der Waals surface area contributed by atoms with Crippen LogP contribution in [0.3, 0.4) is 0 Å². The quantitative estimate of drug-likeness (QED) is 0.737. The maximum Gasteiger partial charge on any atom is 0.217 e. The minimum Gasteiger partial charge on any atom is -0.472 e. The number of anilines is 2. The highest BCUT2D eigenvalue weighted by Crippen LogP contribution is 2.38. The van der Waals surface area contributed by atoms with Crippen LogP contribution in [-0.2, 0) is 11.3 Å². The highest BCUT2D eigenvalue weighted by atomic mass is 16.5. The fourth-order valence-corrected chi connectivity index (χ4v) is 4.35. The molecule has 2 saturated heterocycles. The zero-order valence-electron chi connectivity index (χ0n) is 19.0. The van der Waals surface area contributed by atoms with E-state index in [-0.39, 0.29) is 11.6 Å². The Labute approximate surface area is 180 Å². The first kappa shape index (κ1) is 21.0. The number of aromatic nitrogens is 3. The largest absolute Gasteiger partial charge is 0.472 e. The third kappa shape index (κ3) is 4.56. The summed E-state index contributed by atoms with van der Waals surface area (Å²) < 4.78 is 13.9. The molecule has 0 saturated carbocycles. The molecule has 2 aromatic heterocycles. The molecule has 0 radical (unpaired) electrons. The highest BCUT2D eigenvalue weighted by molar-refractivity contribution is 5.60. The van der Waals surface area contributed by atoms with Crippen LogP contribution in [0.1, 0.15) is 59.2 Å². The molecule has 2 unspecified atom stereocenters. The van der Waals surface area contributed by atoms with Crippen molar-refractivity contribution in [1.82, 2.24) is 14.8 Å². The van der Waals surface area contributed by atoms with Gasteiger partial charge in [0.05, 0.1) is 24.9 Å². The number of rotatable bonds is 5. The first-order valence-corrected chi connectivity index (χ1v) is 11.2. The van der Waals surface area contributed by atoms with E-state index in [0.29, 0.717) is 11.9 Å². The van der Waals surface area contributed by atoms with Gasteiger partial charge in [-0.1, -0.05) is 0 Å². The van der Waals surface area contributed by atoms with Gasteiger partial charge in [0.2, 0.25) is 5.88 Å². The van der Waals surface area contributed by atoms with Gasteiger partial charge in [-0.25, -0.2) is 0 Å². The number of hydrogen-bond acceptors (Lipinski definition) is 6. The van der Waals surface area contributed by atoms with Crippen LogP contribution in [0.2, 0.25) is 0 Å². The van der Waals surface area contributed by atoms with E-state index < -0.39 is 0 Å². The Hall–Kier alpha value is -2.28. The van der Waals surface area contributed by atoms with Gasteiger partial charge in [-0.15, -0.1) is 0 Å². The van der Waals surface area contributed by atoms with E-state index in [1.807, 2.05) is 4.68 Å². The van der Waals surface area contributed by atoms with Crippen molar-refractivity contribution < 1.29 is 9.47 Å². The van der Waals surface area contributed by atoms with Gasteiger partial charge in [-0.05, 0) is 53.5 Å². The Balaban J connectivity index is 1.70. The molecule has 2 fully saturated rings. The molecule has 4 rings (SSSR count). The molecule has 0 amide bonds. The fraction of sp³-hybridized carbons (Fsp3) is 0.652. The van der Waals surface area contributed by atoms with E-state index in [4.69, 9.17) is 19.6 Å². The number of pyridine rings is 1. The molecule has 0 aliphatic carbocycles. The molecule has 2 aromatic rings. The SMILES string of the molecule is CCn1ccc(C2CCCN2c2cc(N3CCOCC3C)cc(OC(C)(C)C)n2)n1. The third-order valence-electron chi connectivity index (χ3n) is 5.76. The Morgan fingerprint density at radius 1 is 1.20 bits per heavy atom. The molecule has 0 N–H and O–H groups in total. The summed E-state index contributed by atoms with van der Waals surface area (Å²) in [4.78, 5) is 9.73. The van der Waals surface area contributed by atoms with E-state index in [0.717, 1.165) is 62.9 Å².